The molecule has 0 spiro atoms. The van der Waals surface area contributed by atoms with Gasteiger partial charge in [0.05, 0.1) is 27.4 Å². The summed E-state index contributed by atoms with van der Waals surface area (Å²) in [7, 11) is 0. The second-order valence-electron chi connectivity index (χ2n) is 9.40. The number of anilines is 1. The number of fused-ring (bicyclic) bond motifs is 1. The van der Waals surface area contributed by atoms with E-state index in [1.807, 2.05) is 60.0 Å². The molecular weight excluding hydrogens is 601 g/mol. The molecule has 41 heavy (non-hydrogen) atoms. The van der Waals surface area contributed by atoms with Gasteiger partial charge in [-0.3, -0.25) is 14.5 Å². The molecule has 1 amide bonds. The van der Waals surface area contributed by atoms with Crippen LogP contribution < -0.4 is 4.90 Å². The van der Waals surface area contributed by atoms with Gasteiger partial charge in [-0.25, -0.2) is 4.98 Å². The van der Waals surface area contributed by atoms with Crippen molar-refractivity contribution in [2.75, 3.05) is 4.90 Å². The zero-order valence-corrected chi connectivity index (χ0v) is 24.9. The maximum absolute atomic E-state index is 13.6. The van der Waals surface area contributed by atoms with Crippen LogP contribution in [0.2, 0.25) is 10.0 Å². The molecule has 1 aliphatic heterocycles. The summed E-state index contributed by atoms with van der Waals surface area (Å²) in [5.41, 5.74) is 3.83. The monoisotopic (exact) mass is 621 g/mol. The Morgan fingerprint density at radius 3 is 2.54 bits per heavy atom. The highest BCUT2D eigenvalue weighted by molar-refractivity contribution is 8.00. The van der Waals surface area contributed by atoms with E-state index in [2.05, 4.69) is 15.2 Å². The molecule has 0 saturated carbocycles. The Hall–Kier alpha value is -3.70. The number of pyridine rings is 1. The van der Waals surface area contributed by atoms with Crippen LogP contribution in [0.15, 0.2) is 76.8 Å². The predicted molar refractivity (Wildman–Crippen MR) is 162 cm³/mol. The average Bonchev–Trinajstić information content (AvgIpc) is 3.65. The molecule has 1 N–H and O–H groups in total. The van der Waals surface area contributed by atoms with Gasteiger partial charge in [-0.05, 0) is 48.7 Å². The SMILES string of the molecule is Cc1cccn2c(C)c(/C(O)=C3\C(=O)C(=O)N(c4nnc(SCc5ccccc5)s4)C3c3ccc(Cl)c(Cl)c3)nc12. The Morgan fingerprint density at radius 1 is 1.02 bits per heavy atom. The van der Waals surface area contributed by atoms with Crippen LogP contribution >= 0.6 is 46.3 Å². The van der Waals surface area contributed by atoms with Crippen molar-refractivity contribution in [3.8, 4) is 0 Å². The van der Waals surface area contributed by atoms with Crippen LogP contribution in [0.4, 0.5) is 5.13 Å². The van der Waals surface area contributed by atoms with E-state index in [0.29, 0.717) is 32.0 Å². The zero-order valence-electron chi connectivity index (χ0n) is 21.7. The van der Waals surface area contributed by atoms with Crippen LogP contribution in [0.3, 0.4) is 0 Å². The van der Waals surface area contributed by atoms with E-state index in [0.717, 1.165) is 11.1 Å². The first kappa shape index (κ1) is 27.5. The summed E-state index contributed by atoms with van der Waals surface area (Å²) in [5, 5.41) is 20.9. The van der Waals surface area contributed by atoms with E-state index in [1.54, 1.807) is 25.1 Å². The number of ketones is 1. The van der Waals surface area contributed by atoms with E-state index in [1.165, 1.54) is 28.0 Å². The average molecular weight is 623 g/mol. The van der Waals surface area contributed by atoms with Crippen LogP contribution in [-0.2, 0) is 15.3 Å². The van der Waals surface area contributed by atoms with Gasteiger partial charge in [0.2, 0.25) is 5.13 Å². The lowest BCUT2D eigenvalue weighted by molar-refractivity contribution is -0.132. The molecule has 6 rings (SSSR count). The van der Waals surface area contributed by atoms with Crippen molar-refractivity contribution >= 4 is 74.5 Å². The third-order valence-corrected chi connectivity index (χ3v) is 9.69. The van der Waals surface area contributed by atoms with Gasteiger partial charge in [0.15, 0.2) is 10.1 Å². The second-order valence-corrected chi connectivity index (χ2v) is 12.4. The van der Waals surface area contributed by atoms with Crippen LogP contribution in [0.5, 0.6) is 0 Å². The molecule has 0 radical (unpaired) electrons. The Morgan fingerprint density at radius 2 is 1.80 bits per heavy atom. The van der Waals surface area contributed by atoms with E-state index >= 15 is 0 Å². The molecular formula is C29H21Cl2N5O3S2. The number of hydrogen-bond donors (Lipinski definition) is 1. The number of halogens is 2. The summed E-state index contributed by atoms with van der Waals surface area (Å²) in [4.78, 5) is 33.1. The number of hydrogen-bond acceptors (Lipinski definition) is 8. The summed E-state index contributed by atoms with van der Waals surface area (Å²) in [6.45, 7) is 3.70. The standard InChI is InChI=1S/C29H21Cl2N5O3S2/c1-15-7-6-12-35-16(2)22(32-26(15)35)24(37)21-23(18-10-11-19(30)20(31)13-18)36(27(39)25(21)38)28-33-34-29(41-28)40-14-17-8-4-3-5-9-17/h3-13,23,37H,14H2,1-2H3/b24-21+. The zero-order chi connectivity index (χ0) is 28.8. The Labute approximate surface area is 253 Å². The van der Waals surface area contributed by atoms with Crippen molar-refractivity contribution in [3.05, 3.63) is 111 Å². The second kappa shape index (κ2) is 10.9. The topological polar surface area (TPSA) is 101 Å². The lowest BCUT2D eigenvalue weighted by Crippen LogP contribution is -2.29. The minimum absolute atomic E-state index is 0.119. The fourth-order valence-electron chi connectivity index (χ4n) is 4.78. The van der Waals surface area contributed by atoms with Crippen LogP contribution in [0, 0.1) is 13.8 Å². The number of aromatic nitrogens is 4. The van der Waals surface area contributed by atoms with E-state index in [4.69, 9.17) is 23.2 Å². The summed E-state index contributed by atoms with van der Waals surface area (Å²) < 4.78 is 2.46. The van der Waals surface area contributed by atoms with Gasteiger partial charge >= 0.3 is 5.91 Å². The number of carbonyl (C=O) groups excluding carboxylic acids is 2. The molecule has 12 heteroatoms. The number of aryl methyl sites for hydroxylation is 2. The highest BCUT2D eigenvalue weighted by Crippen LogP contribution is 2.45. The molecule has 1 fully saturated rings. The summed E-state index contributed by atoms with van der Waals surface area (Å²) in [6.07, 6.45) is 1.83. The molecule has 5 aromatic rings. The van der Waals surface area contributed by atoms with Gasteiger partial charge in [0.25, 0.3) is 5.78 Å². The number of Topliss-reactive ketones (excluding diaryl/α,β-unsaturated/α-hetero) is 1. The van der Waals surface area contributed by atoms with E-state index in [-0.39, 0.29) is 27.2 Å². The first-order valence-corrected chi connectivity index (χ1v) is 15.0. The molecule has 1 unspecified atom stereocenters. The molecule has 8 nitrogen and oxygen atoms in total. The first-order chi connectivity index (χ1) is 19.7. The molecule has 1 aliphatic rings. The number of rotatable bonds is 6. The quantitative estimate of drug-likeness (QED) is 0.0714. The first-order valence-electron chi connectivity index (χ1n) is 12.5. The fourth-order valence-corrected chi connectivity index (χ4v) is 6.91. The van der Waals surface area contributed by atoms with Crippen LogP contribution in [0.1, 0.15) is 34.1 Å². The van der Waals surface area contributed by atoms with Crippen LogP contribution in [0.25, 0.3) is 11.4 Å². The van der Waals surface area contributed by atoms with Crippen molar-refractivity contribution in [2.24, 2.45) is 0 Å². The number of thioether (sulfide) groups is 1. The van der Waals surface area contributed by atoms with Crippen molar-refractivity contribution in [3.63, 3.8) is 0 Å². The van der Waals surface area contributed by atoms with E-state index < -0.39 is 17.7 Å². The molecule has 1 saturated heterocycles. The molecule has 0 bridgehead atoms. The lowest BCUT2D eigenvalue weighted by Gasteiger charge is -2.22. The summed E-state index contributed by atoms with van der Waals surface area (Å²) in [5.74, 6) is -1.42. The van der Waals surface area contributed by atoms with Gasteiger partial charge in [-0.1, -0.05) is 88.8 Å². The van der Waals surface area contributed by atoms with Crippen molar-refractivity contribution < 1.29 is 14.7 Å². The highest BCUT2D eigenvalue weighted by atomic mass is 35.5. The number of imidazole rings is 1. The molecule has 0 aliphatic carbocycles. The Balaban J connectivity index is 1.47. The largest absolute Gasteiger partial charge is 0.505 e. The Bertz CT molecular complexity index is 1870. The van der Waals surface area contributed by atoms with Gasteiger partial charge in [0.1, 0.15) is 11.3 Å². The van der Waals surface area contributed by atoms with Crippen molar-refractivity contribution in [2.45, 2.75) is 30.0 Å². The number of nitrogens with zero attached hydrogens (tertiary/aromatic N) is 5. The molecule has 206 valence electrons. The predicted octanol–water partition coefficient (Wildman–Crippen LogP) is 7.03. The normalized spacial score (nSPS) is 16.7. The van der Waals surface area contributed by atoms with Gasteiger partial charge in [-0.15, -0.1) is 10.2 Å². The summed E-state index contributed by atoms with van der Waals surface area (Å²) >= 11 is 15.2. The van der Waals surface area contributed by atoms with Gasteiger partial charge in [-0.2, -0.15) is 0 Å². The summed E-state index contributed by atoms with van der Waals surface area (Å²) in [6, 6.07) is 17.5. The van der Waals surface area contributed by atoms with E-state index in [9.17, 15) is 14.7 Å². The van der Waals surface area contributed by atoms with Gasteiger partial charge in [0, 0.05) is 11.9 Å². The molecule has 1 atom stereocenters. The van der Waals surface area contributed by atoms with Gasteiger partial charge < -0.3 is 9.51 Å². The maximum Gasteiger partial charge on any atom is 0.301 e. The number of benzene rings is 2. The third kappa shape index (κ3) is 4.91. The minimum atomic E-state index is -1.03. The van der Waals surface area contributed by atoms with Crippen molar-refractivity contribution in [1.82, 2.24) is 19.6 Å². The highest BCUT2D eigenvalue weighted by Gasteiger charge is 2.49. The smallest absolute Gasteiger partial charge is 0.301 e. The fraction of sp³-hybridized carbons (Fsp3) is 0.138. The van der Waals surface area contributed by atoms with Crippen LogP contribution in [-0.4, -0.2) is 36.4 Å². The number of carbonyl (C=O) groups is 2. The number of amides is 1. The number of aliphatic hydroxyl groups is 1. The molecule has 4 heterocycles. The lowest BCUT2D eigenvalue weighted by atomic mass is 9.96. The maximum atomic E-state index is 13.6. The number of aliphatic hydroxyl groups excluding tert-OH is 1. The Kier molecular flexibility index (Phi) is 7.33. The minimum Gasteiger partial charge on any atom is -0.505 e. The molecule has 2 aromatic carbocycles. The van der Waals surface area contributed by atoms with Crippen molar-refractivity contribution in [1.29, 1.82) is 0 Å². The third-order valence-electron chi connectivity index (χ3n) is 6.82. The molecule has 3 aromatic heterocycles.